The van der Waals surface area contributed by atoms with Gasteiger partial charge in [-0.3, -0.25) is 4.57 Å². The maximum absolute atomic E-state index is 5.16. The maximum Gasteiger partial charge on any atom is 0.164 e. The molecule has 0 amide bonds. The lowest BCUT2D eigenvalue weighted by Gasteiger charge is -2.12. The van der Waals surface area contributed by atoms with Gasteiger partial charge in [0.05, 0.1) is 11.0 Å². The van der Waals surface area contributed by atoms with Crippen LogP contribution in [0.1, 0.15) is 0 Å². The Morgan fingerprint density at radius 2 is 0.918 bits per heavy atom. The fourth-order valence-electron chi connectivity index (χ4n) is 7.25. The van der Waals surface area contributed by atoms with Crippen LogP contribution in [-0.4, -0.2) is 24.5 Å². The van der Waals surface area contributed by atoms with E-state index in [0.29, 0.717) is 17.5 Å². The molecule has 0 spiro atoms. The second-order valence-corrected chi connectivity index (χ2v) is 12.3. The monoisotopic (exact) mass is 625 g/mol. The lowest BCUT2D eigenvalue weighted by molar-refractivity contribution is 1.06. The molecule has 0 aliphatic heterocycles. The summed E-state index contributed by atoms with van der Waals surface area (Å²) in [6.45, 7) is 0. The molecule has 0 unspecified atom stereocenters. The molecular weight excluding hydrogens is 599 g/mol. The zero-order valence-corrected chi connectivity index (χ0v) is 26.3. The van der Waals surface area contributed by atoms with Crippen LogP contribution >= 0.6 is 0 Å². The first-order valence-electron chi connectivity index (χ1n) is 16.4. The maximum atomic E-state index is 5.16. The van der Waals surface area contributed by atoms with Crippen LogP contribution in [0.15, 0.2) is 164 Å². The number of aromatic nitrogens is 5. The standard InChI is InChI=1S/C44H27N5/c1-4-16-32-28(11-1)14-9-20-35(32)43-46-42(47-44(48-43)36-21-10-15-29-12-2-5-17-33(29)36)31-25-26-45-40(27-31)49-38-22-8-7-19-37(38)41-34-18-6-3-13-30(34)23-24-39(41)49/h1-27H. The van der Waals surface area contributed by atoms with Gasteiger partial charge in [0.25, 0.3) is 0 Å². The van der Waals surface area contributed by atoms with Crippen molar-refractivity contribution in [2.45, 2.75) is 0 Å². The molecule has 7 aromatic carbocycles. The van der Waals surface area contributed by atoms with Gasteiger partial charge in [0.1, 0.15) is 5.82 Å². The first-order valence-corrected chi connectivity index (χ1v) is 16.4. The summed E-state index contributed by atoms with van der Waals surface area (Å²) >= 11 is 0. The number of hydrogen-bond acceptors (Lipinski definition) is 4. The third-order valence-electron chi connectivity index (χ3n) is 9.49. The topological polar surface area (TPSA) is 56.5 Å². The Balaban J connectivity index is 1.22. The van der Waals surface area contributed by atoms with E-state index in [1.807, 2.05) is 12.3 Å². The summed E-state index contributed by atoms with van der Waals surface area (Å²) < 4.78 is 2.25. The highest BCUT2D eigenvalue weighted by molar-refractivity contribution is 6.21. The SMILES string of the molecule is c1ccc2c(-c3nc(-c4ccnc(-n5c6ccccc6c6c7ccccc7ccc65)c4)nc(-c4cccc5ccccc45)n3)cccc2c1. The Morgan fingerprint density at radius 1 is 0.388 bits per heavy atom. The van der Waals surface area contributed by atoms with Crippen molar-refractivity contribution in [3.8, 4) is 40.0 Å². The lowest BCUT2D eigenvalue weighted by atomic mass is 10.0. The largest absolute Gasteiger partial charge is 0.294 e. The molecule has 49 heavy (non-hydrogen) atoms. The molecule has 0 aliphatic rings. The highest BCUT2D eigenvalue weighted by Crippen LogP contribution is 2.37. The predicted molar refractivity (Wildman–Crippen MR) is 201 cm³/mol. The summed E-state index contributed by atoms with van der Waals surface area (Å²) in [6, 6.07) is 54.9. The number of hydrogen-bond donors (Lipinski definition) is 0. The third-order valence-corrected chi connectivity index (χ3v) is 9.49. The smallest absolute Gasteiger partial charge is 0.164 e. The van der Waals surface area contributed by atoms with Gasteiger partial charge in [-0.25, -0.2) is 19.9 Å². The number of rotatable bonds is 4. The molecule has 10 rings (SSSR count). The van der Waals surface area contributed by atoms with Gasteiger partial charge in [0.2, 0.25) is 0 Å². The highest BCUT2D eigenvalue weighted by atomic mass is 15.1. The van der Waals surface area contributed by atoms with Gasteiger partial charge in [-0.15, -0.1) is 0 Å². The Bertz CT molecular complexity index is 2800. The van der Waals surface area contributed by atoms with Crippen LogP contribution in [0.5, 0.6) is 0 Å². The summed E-state index contributed by atoms with van der Waals surface area (Å²) in [7, 11) is 0. The molecule has 3 aromatic heterocycles. The van der Waals surface area contributed by atoms with Gasteiger partial charge in [-0.1, -0.05) is 133 Å². The Labute approximate surface area is 281 Å². The van der Waals surface area contributed by atoms with Crippen LogP contribution in [0.25, 0.3) is 94.1 Å². The Morgan fingerprint density at radius 3 is 1.59 bits per heavy atom. The second-order valence-electron chi connectivity index (χ2n) is 12.3. The first kappa shape index (κ1) is 27.4. The van der Waals surface area contributed by atoms with Crippen LogP contribution in [0.2, 0.25) is 0 Å². The van der Waals surface area contributed by atoms with E-state index in [-0.39, 0.29) is 0 Å². The number of benzene rings is 7. The molecule has 0 atom stereocenters. The molecule has 10 aromatic rings. The van der Waals surface area contributed by atoms with E-state index in [2.05, 4.69) is 156 Å². The molecule has 0 N–H and O–H groups in total. The average molecular weight is 626 g/mol. The summed E-state index contributed by atoms with van der Waals surface area (Å²) in [5, 5.41) is 9.32. The number of fused-ring (bicyclic) bond motifs is 7. The van der Waals surface area contributed by atoms with Crippen molar-refractivity contribution in [3.05, 3.63) is 164 Å². The molecular formula is C44H27N5. The van der Waals surface area contributed by atoms with Crippen molar-refractivity contribution in [1.29, 1.82) is 0 Å². The molecule has 3 heterocycles. The van der Waals surface area contributed by atoms with E-state index >= 15 is 0 Å². The first-order chi connectivity index (χ1) is 24.3. The quantitative estimate of drug-likeness (QED) is 0.195. The minimum Gasteiger partial charge on any atom is -0.294 e. The van der Waals surface area contributed by atoms with E-state index in [9.17, 15) is 0 Å². The molecule has 0 aliphatic carbocycles. The van der Waals surface area contributed by atoms with Gasteiger partial charge >= 0.3 is 0 Å². The summed E-state index contributed by atoms with van der Waals surface area (Å²) in [6.07, 6.45) is 1.85. The molecule has 5 heteroatoms. The second kappa shape index (κ2) is 10.9. The van der Waals surface area contributed by atoms with Crippen molar-refractivity contribution in [1.82, 2.24) is 24.5 Å². The van der Waals surface area contributed by atoms with Crippen LogP contribution < -0.4 is 0 Å². The van der Waals surface area contributed by atoms with Crippen LogP contribution in [-0.2, 0) is 0 Å². The lowest BCUT2D eigenvalue weighted by Crippen LogP contribution is -2.02. The van der Waals surface area contributed by atoms with Crippen LogP contribution in [0, 0.1) is 0 Å². The van der Waals surface area contributed by atoms with Gasteiger partial charge in [0.15, 0.2) is 17.5 Å². The summed E-state index contributed by atoms with van der Waals surface area (Å²) in [5.41, 5.74) is 5.00. The molecule has 228 valence electrons. The third kappa shape index (κ3) is 4.40. The van der Waals surface area contributed by atoms with Crippen molar-refractivity contribution in [2.75, 3.05) is 0 Å². The van der Waals surface area contributed by atoms with E-state index in [0.717, 1.165) is 55.1 Å². The fourth-order valence-corrected chi connectivity index (χ4v) is 7.25. The van der Waals surface area contributed by atoms with Crippen LogP contribution in [0.3, 0.4) is 0 Å². The number of nitrogens with zero attached hydrogens (tertiary/aromatic N) is 5. The summed E-state index contributed by atoms with van der Waals surface area (Å²) in [4.78, 5) is 20.4. The molecule has 0 radical (unpaired) electrons. The van der Waals surface area contributed by atoms with E-state index < -0.39 is 0 Å². The Hall–Kier alpha value is -6.72. The fraction of sp³-hybridized carbons (Fsp3) is 0. The average Bonchev–Trinajstić information content (AvgIpc) is 3.52. The van der Waals surface area contributed by atoms with Gasteiger partial charge in [0, 0.05) is 33.7 Å². The molecule has 5 nitrogen and oxygen atoms in total. The van der Waals surface area contributed by atoms with Gasteiger partial charge < -0.3 is 0 Å². The predicted octanol–water partition coefficient (Wildman–Crippen LogP) is 10.8. The minimum atomic E-state index is 0.593. The highest BCUT2D eigenvalue weighted by Gasteiger charge is 2.19. The van der Waals surface area contributed by atoms with Crippen molar-refractivity contribution < 1.29 is 0 Å². The molecule has 0 saturated carbocycles. The van der Waals surface area contributed by atoms with E-state index in [1.54, 1.807) is 0 Å². The number of para-hydroxylation sites is 1. The van der Waals surface area contributed by atoms with Gasteiger partial charge in [-0.2, -0.15) is 0 Å². The van der Waals surface area contributed by atoms with Crippen molar-refractivity contribution in [3.63, 3.8) is 0 Å². The Kier molecular flexibility index (Phi) is 6.11. The minimum absolute atomic E-state index is 0.593. The van der Waals surface area contributed by atoms with Gasteiger partial charge in [-0.05, 0) is 56.6 Å². The van der Waals surface area contributed by atoms with Crippen molar-refractivity contribution in [2.24, 2.45) is 0 Å². The zero-order valence-electron chi connectivity index (χ0n) is 26.3. The summed E-state index contributed by atoms with van der Waals surface area (Å²) in [5.74, 6) is 2.66. The molecule has 0 fully saturated rings. The number of pyridine rings is 1. The normalized spacial score (nSPS) is 11.7. The molecule has 0 bridgehead atoms. The zero-order chi connectivity index (χ0) is 32.3. The van der Waals surface area contributed by atoms with Crippen LogP contribution in [0.4, 0.5) is 0 Å². The van der Waals surface area contributed by atoms with Crippen molar-refractivity contribution >= 4 is 54.1 Å². The molecule has 0 saturated heterocycles. The van der Waals surface area contributed by atoms with E-state index in [4.69, 9.17) is 19.9 Å². The van der Waals surface area contributed by atoms with E-state index in [1.165, 1.54) is 21.5 Å².